The molecule has 1 aromatic carbocycles. The van der Waals surface area contributed by atoms with Crippen LogP contribution in [0.15, 0.2) is 41.1 Å². The van der Waals surface area contributed by atoms with Crippen LogP contribution in [0.25, 0.3) is 0 Å². The Hall–Kier alpha value is -1.29. The molecule has 1 heterocycles. The van der Waals surface area contributed by atoms with Crippen LogP contribution in [0, 0.1) is 0 Å². The van der Waals surface area contributed by atoms with Crippen molar-refractivity contribution in [3.05, 3.63) is 46.7 Å². The molecule has 3 nitrogen and oxygen atoms in total. The van der Waals surface area contributed by atoms with Gasteiger partial charge in [-0.3, -0.25) is 4.68 Å². The molecule has 0 aliphatic carbocycles. The third-order valence-electron chi connectivity index (χ3n) is 2.43. The minimum Gasteiger partial charge on any atom is -0.486 e. The van der Waals surface area contributed by atoms with E-state index in [9.17, 15) is 0 Å². The molecule has 0 amide bonds. The van der Waals surface area contributed by atoms with Crippen LogP contribution in [0.3, 0.4) is 0 Å². The zero-order valence-corrected chi connectivity index (χ0v) is 11.5. The lowest BCUT2D eigenvalue weighted by Crippen LogP contribution is -2.00. The summed E-state index contributed by atoms with van der Waals surface area (Å²) in [4.78, 5) is 0. The third-order valence-corrected chi connectivity index (χ3v) is 2.95. The van der Waals surface area contributed by atoms with E-state index < -0.39 is 0 Å². The number of hydrogen-bond acceptors (Lipinski definition) is 2. The maximum absolute atomic E-state index is 5.66. The number of halogens is 1. The van der Waals surface area contributed by atoms with Crippen LogP contribution < -0.4 is 4.74 Å². The van der Waals surface area contributed by atoms with Crippen LogP contribution in [-0.4, -0.2) is 9.78 Å². The van der Waals surface area contributed by atoms with Gasteiger partial charge in [-0.25, -0.2) is 0 Å². The second-order valence-corrected chi connectivity index (χ2v) is 5.08. The van der Waals surface area contributed by atoms with Gasteiger partial charge < -0.3 is 4.74 Å². The second kappa shape index (κ2) is 5.36. The number of rotatable bonds is 4. The van der Waals surface area contributed by atoms with Gasteiger partial charge in [-0.2, -0.15) is 5.10 Å². The Morgan fingerprint density at radius 2 is 2.00 bits per heavy atom. The van der Waals surface area contributed by atoms with Crippen molar-refractivity contribution in [2.75, 3.05) is 0 Å². The van der Waals surface area contributed by atoms with E-state index in [1.54, 1.807) is 6.20 Å². The summed E-state index contributed by atoms with van der Waals surface area (Å²) in [6.07, 6.45) is 3.67. The SMILES string of the molecule is CC(C)n1cc(OCc2ccc(Br)cc2)cn1. The van der Waals surface area contributed by atoms with Gasteiger partial charge in [0.1, 0.15) is 6.61 Å². The summed E-state index contributed by atoms with van der Waals surface area (Å²) >= 11 is 3.41. The molecule has 90 valence electrons. The van der Waals surface area contributed by atoms with Crippen LogP contribution in [0.4, 0.5) is 0 Å². The summed E-state index contributed by atoms with van der Waals surface area (Å²) in [6, 6.07) is 8.46. The van der Waals surface area contributed by atoms with Crippen molar-refractivity contribution in [2.24, 2.45) is 0 Å². The Kier molecular flexibility index (Phi) is 3.84. The van der Waals surface area contributed by atoms with Crippen molar-refractivity contribution in [3.8, 4) is 5.75 Å². The number of aromatic nitrogens is 2. The van der Waals surface area contributed by atoms with Crippen molar-refractivity contribution >= 4 is 15.9 Å². The number of hydrogen-bond donors (Lipinski definition) is 0. The van der Waals surface area contributed by atoms with E-state index >= 15 is 0 Å². The maximum atomic E-state index is 5.66. The summed E-state index contributed by atoms with van der Waals surface area (Å²) in [5.74, 6) is 0.807. The third kappa shape index (κ3) is 3.33. The van der Waals surface area contributed by atoms with Gasteiger partial charge in [0.05, 0.1) is 12.4 Å². The normalized spacial score (nSPS) is 10.8. The summed E-state index contributed by atoms with van der Waals surface area (Å²) in [7, 11) is 0. The average molecular weight is 295 g/mol. The monoisotopic (exact) mass is 294 g/mol. The quantitative estimate of drug-likeness (QED) is 0.857. The molecule has 2 aromatic rings. The molecule has 0 N–H and O–H groups in total. The Morgan fingerprint density at radius 3 is 2.59 bits per heavy atom. The molecular formula is C13H15BrN2O. The fourth-order valence-electron chi connectivity index (χ4n) is 1.42. The fourth-order valence-corrected chi connectivity index (χ4v) is 1.69. The minimum absolute atomic E-state index is 0.361. The average Bonchev–Trinajstić information content (AvgIpc) is 2.77. The highest BCUT2D eigenvalue weighted by Gasteiger charge is 2.02. The lowest BCUT2D eigenvalue weighted by atomic mass is 10.2. The summed E-state index contributed by atoms with van der Waals surface area (Å²) < 4.78 is 8.63. The molecule has 17 heavy (non-hydrogen) atoms. The van der Waals surface area contributed by atoms with E-state index in [4.69, 9.17) is 4.74 Å². The molecule has 0 atom stereocenters. The molecule has 4 heteroatoms. The first-order valence-corrected chi connectivity index (χ1v) is 6.36. The largest absolute Gasteiger partial charge is 0.486 e. The number of benzene rings is 1. The van der Waals surface area contributed by atoms with Crippen LogP contribution in [0.2, 0.25) is 0 Å². The van der Waals surface area contributed by atoms with E-state index in [0.717, 1.165) is 15.8 Å². The molecule has 0 aliphatic rings. The Bertz CT molecular complexity index is 476. The second-order valence-electron chi connectivity index (χ2n) is 4.16. The Labute approximate surface area is 110 Å². The maximum Gasteiger partial charge on any atom is 0.157 e. The van der Waals surface area contributed by atoms with Gasteiger partial charge in [-0.15, -0.1) is 0 Å². The highest BCUT2D eigenvalue weighted by Crippen LogP contribution is 2.15. The molecule has 0 saturated carbocycles. The van der Waals surface area contributed by atoms with E-state index in [-0.39, 0.29) is 0 Å². The topological polar surface area (TPSA) is 27.1 Å². The van der Waals surface area contributed by atoms with E-state index in [1.807, 2.05) is 35.1 Å². The lowest BCUT2D eigenvalue weighted by Gasteiger charge is -2.04. The van der Waals surface area contributed by atoms with Crippen LogP contribution >= 0.6 is 15.9 Å². The van der Waals surface area contributed by atoms with Gasteiger partial charge in [-0.05, 0) is 31.5 Å². The number of ether oxygens (including phenoxy) is 1. The number of nitrogens with zero attached hydrogens (tertiary/aromatic N) is 2. The molecule has 0 bridgehead atoms. The Morgan fingerprint density at radius 1 is 1.29 bits per heavy atom. The van der Waals surface area contributed by atoms with Crippen molar-refractivity contribution < 1.29 is 4.74 Å². The molecule has 0 unspecified atom stereocenters. The fraction of sp³-hybridized carbons (Fsp3) is 0.308. The molecule has 1 aromatic heterocycles. The smallest absolute Gasteiger partial charge is 0.157 e. The van der Waals surface area contributed by atoms with Gasteiger partial charge in [0.25, 0.3) is 0 Å². The zero-order chi connectivity index (χ0) is 12.3. The van der Waals surface area contributed by atoms with Gasteiger partial charge in [-0.1, -0.05) is 28.1 Å². The van der Waals surface area contributed by atoms with Gasteiger partial charge in [0.2, 0.25) is 0 Å². The van der Waals surface area contributed by atoms with Gasteiger partial charge in [0, 0.05) is 10.5 Å². The van der Waals surface area contributed by atoms with Crippen molar-refractivity contribution in [1.82, 2.24) is 9.78 Å². The first-order chi connectivity index (χ1) is 8.15. The lowest BCUT2D eigenvalue weighted by molar-refractivity contribution is 0.305. The highest BCUT2D eigenvalue weighted by atomic mass is 79.9. The van der Waals surface area contributed by atoms with Crippen molar-refractivity contribution in [1.29, 1.82) is 0 Å². The zero-order valence-electron chi connectivity index (χ0n) is 9.93. The standard InChI is InChI=1S/C13H15BrN2O/c1-10(2)16-8-13(7-15-16)17-9-11-3-5-12(14)6-4-11/h3-8,10H,9H2,1-2H3. The molecule has 0 radical (unpaired) electrons. The molecule has 0 spiro atoms. The first-order valence-electron chi connectivity index (χ1n) is 5.56. The van der Waals surface area contributed by atoms with Crippen LogP contribution in [0.5, 0.6) is 5.75 Å². The highest BCUT2D eigenvalue weighted by molar-refractivity contribution is 9.10. The molecule has 2 rings (SSSR count). The van der Waals surface area contributed by atoms with Crippen LogP contribution in [-0.2, 0) is 6.61 Å². The molecule has 0 aliphatic heterocycles. The predicted molar refractivity (Wildman–Crippen MR) is 71.1 cm³/mol. The predicted octanol–water partition coefficient (Wildman–Crippen LogP) is 3.81. The van der Waals surface area contributed by atoms with E-state index in [2.05, 4.69) is 34.9 Å². The van der Waals surface area contributed by atoms with Crippen LogP contribution in [0.1, 0.15) is 25.5 Å². The van der Waals surface area contributed by atoms with Gasteiger partial charge in [0.15, 0.2) is 5.75 Å². The summed E-state index contributed by atoms with van der Waals surface area (Å²) in [5, 5.41) is 4.23. The summed E-state index contributed by atoms with van der Waals surface area (Å²) in [6.45, 7) is 4.74. The Balaban J connectivity index is 1.95. The van der Waals surface area contributed by atoms with E-state index in [0.29, 0.717) is 12.6 Å². The van der Waals surface area contributed by atoms with Crippen molar-refractivity contribution in [2.45, 2.75) is 26.5 Å². The first kappa shape index (κ1) is 12.2. The summed E-state index contributed by atoms with van der Waals surface area (Å²) in [5.41, 5.74) is 1.14. The molecule has 0 saturated heterocycles. The molecule has 0 fully saturated rings. The molecular weight excluding hydrogens is 280 g/mol. The minimum atomic E-state index is 0.361. The van der Waals surface area contributed by atoms with E-state index in [1.165, 1.54) is 0 Å². The van der Waals surface area contributed by atoms with Crippen molar-refractivity contribution in [3.63, 3.8) is 0 Å². The van der Waals surface area contributed by atoms with Gasteiger partial charge >= 0.3 is 0 Å².